The van der Waals surface area contributed by atoms with Gasteiger partial charge in [-0.1, -0.05) is 6.07 Å². The first kappa shape index (κ1) is 25.5. The molecule has 0 atom stereocenters. The molecule has 4 aromatic rings. The molecular formula is C23H22BrF3N6O3. The Morgan fingerprint density at radius 3 is 2.56 bits per heavy atom. The van der Waals surface area contributed by atoms with E-state index in [9.17, 15) is 18.0 Å². The molecule has 0 fully saturated rings. The maximum absolute atomic E-state index is 13.5. The Hall–Kier alpha value is -3.61. The van der Waals surface area contributed by atoms with Crippen LogP contribution in [0.2, 0.25) is 0 Å². The molecule has 0 unspecified atom stereocenters. The van der Waals surface area contributed by atoms with E-state index < -0.39 is 17.8 Å². The predicted molar refractivity (Wildman–Crippen MR) is 128 cm³/mol. The summed E-state index contributed by atoms with van der Waals surface area (Å²) in [5.41, 5.74) is 0.0139. The van der Waals surface area contributed by atoms with E-state index in [1.807, 2.05) is 32.0 Å². The maximum atomic E-state index is 13.5. The standard InChI is InChI=1S/C23H22BrF3N6O3/c1-4-35-16-7-6-14(9-17(16)36-5-2)11-32-12-15(10-28-32)30-22(34)20-19(24)21-29-13(3)8-18(23(25,26)27)33(21)31-20/h6-10,12H,4-5,11H2,1-3H3,(H,30,34). The number of hydrogen-bond acceptors (Lipinski definition) is 6. The van der Waals surface area contributed by atoms with Gasteiger partial charge in [0.25, 0.3) is 5.91 Å². The molecule has 0 aliphatic carbocycles. The molecule has 4 rings (SSSR count). The van der Waals surface area contributed by atoms with E-state index in [4.69, 9.17) is 9.47 Å². The number of rotatable bonds is 8. The first-order valence-electron chi connectivity index (χ1n) is 11.0. The average Bonchev–Trinajstić information content (AvgIpc) is 3.38. The minimum Gasteiger partial charge on any atom is -0.490 e. The molecule has 0 bridgehead atoms. The van der Waals surface area contributed by atoms with Gasteiger partial charge in [0.15, 0.2) is 22.8 Å². The van der Waals surface area contributed by atoms with E-state index >= 15 is 0 Å². The minimum absolute atomic E-state index is 0.0550. The Kier molecular flexibility index (Phi) is 7.20. The van der Waals surface area contributed by atoms with Crippen molar-refractivity contribution in [3.05, 3.63) is 63.8 Å². The Morgan fingerprint density at radius 2 is 1.86 bits per heavy atom. The third-order valence-electron chi connectivity index (χ3n) is 5.01. The van der Waals surface area contributed by atoms with E-state index in [1.165, 1.54) is 13.1 Å². The highest BCUT2D eigenvalue weighted by atomic mass is 79.9. The van der Waals surface area contributed by atoms with Crippen molar-refractivity contribution in [1.29, 1.82) is 0 Å². The monoisotopic (exact) mass is 566 g/mol. The summed E-state index contributed by atoms with van der Waals surface area (Å²) in [4.78, 5) is 16.9. The number of amides is 1. The zero-order valence-corrected chi connectivity index (χ0v) is 21.1. The number of hydrogen-bond donors (Lipinski definition) is 1. The molecule has 1 aromatic carbocycles. The number of carbonyl (C=O) groups is 1. The van der Waals surface area contributed by atoms with Gasteiger partial charge in [-0.25, -0.2) is 9.50 Å². The number of fused-ring (bicyclic) bond motifs is 1. The van der Waals surface area contributed by atoms with E-state index in [-0.39, 0.29) is 21.5 Å². The van der Waals surface area contributed by atoms with Crippen LogP contribution in [0.3, 0.4) is 0 Å². The van der Waals surface area contributed by atoms with Crippen LogP contribution in [-0.4, -0.2) is 43.5 Å². The predicted octanol–water partition coefficient (Wildman–Crippen LogP) is 5.11. The van der Waals surface area contributed by atoms with Crippen molar-refractivity contribution in [2.75, 3.05) is 18.5 Å². The van der Waals surface area contributed by atoms with Crippen LogP contribution < -0.4 is 14.8 Å². The summed E-state index contributed by atoms with van der Waals surface area (Å²) in [5, 5.41) is 10.7. The maximum Gasteiger partial charge on any atom is 0.433 e. The molecule has 0 radical (unpaired) electrons. The van der Waals surface area contributed by atoms with Gasteiger partial charge in [0.05, 0.1) is 36.1 Å². The number of nitrogens with one attached hydrogen (secondary N) is 1. The molecule has 0 saturated carbocycles. The van der Waals surface area contributed by atoms with Crippen LogP contribution in [0, 0.1) is 6.92 Å². The van der Waals surface area contributed by atoms with Gasteiger partial charge < -0.3 is 14.8 Å². The zero-order chi connectivity index (χ0) is 26.0. The van der Waals surface area contributed by atoms with Gasteiger partial charge in [0.1, 0.15) is 5.69 Å². The normalized spacial score (nSPS) is 11.6. The molecule has 0 saturated heterocycles. The number of aryl methyl sites for hydroxylation is 1. The first-order chi connectivity index (χ1) is 17.1. The van der Waals surface area contributed by atoms with Crippen LogP contribution in [0.5, 0.6) is 11.5 Å². The summed E-state index contributed by atoms with van der Waals surface area (Å²) >= 11 is 3.17. The van der Waals surface area contributed by atoms with Crippen molar-refractivity contribution in [2.45, 2.75) is 33.5 Å². The summed E-state index contributed by atoms with van der Waals surface area (Å²) in [7, 11) is 0. The van der Waals surface area contributed by atoms with Crippen LogP contribution >= 0.6 is 15.9 Å². The number of carbonyl (C=O) groups excluding carboxylic acids is 1. The molecule has 190 valence electrons. The molecule has 13 heteroatoms. The number of benzene rings is 1. The molecule has 9 nitrogen and oxygen atoms in total. The lowest BCUT2D eigenvalue weighted by molar-refractivity contribution is -0.142. The SMILES string of the molecule is CCOc1ccc(Cn2cc(NC(=O)c3nn4c(C(F)(F)F)cc(C)nc4c3Br)cn2)cc1OCC. The molecule has 1 amide bonds. The Labute approximate surface area is 212 Å². The van der Waals surface area contributed by atoms with Gasteiger partial charge in [0, 0.05) is 11.9 Å². The molecule has 0 spiro atoms. The van der Waals surface area contributed by atoms with E-state index in [2.05, 4.69) is 36.4 Å². The minimum atomic E-state index is -4.67. The van der Waals surface area contributed by atoms with Crippen molar-refractivity contribution in [3.8, 4) is 11.5 Å². The van der Waals surface area contributed by atoms with Crippen molar-refractivity contribution in [3.63, 3.8) is 0 Å². The highest BCUT2D eigenvalue weighted by molar-refractivity contribution is 9.10. The summed E-state index contributed by atoms with van der Waals surface area (Å²) in [6, 6.07) is 6.43. The van der Waals surface area contributed by atoms with E-state index in [1.54, 1.807) is 10.9 Å². The molecule has 3 aromatic heterocycles. The Balaban J connectivity index is 1.54. The second-order valence-corrected chi connectivity index (χ2v) is 8.50. The third-order valence-corrected chi connectivity index (χ3v) is 5.74. The number of nitrogens with zero attached hydrogens (tertiary/aromatic N) is 5. The topological polar surface area (TPSA) is 95.6 Å². The van der Waals surface area contributed by atoms with Crippen LogP contribution in [0.15, 0.2) is 41.1 Å². The molecule has 0 aliphatic rings. The molecular weight excluding hydrogens is 545 g/mol. The van der Waals surface area contributed by atoms with Crippen molar-refractivity contribution >= 4 is 33.2 Å². The smallest absolute Gasteiger partial charge is 0.433 e. The van der Waals surface area contributed by atoms with Crippen LogP contribution in [0.25, 0.3) is 5.65 Å². The van der Waals surface area contributed by atoms with Gasteiger partial charge in [-0.05, 0) is 60.5 Å². The largest absolute Gasteiger partial charge is 0.490 e. The second kappa shape index (κ2) is 10.2. The summed E-state index contributed by atoms with van der Waals surface area (Å²) in [5.74, 6) is 0.557. The number of alkyl halides is 3. The number of anilines is 1. The average molecular weight is 567 g/mol. The van der Waals surface area contributed by atoms with Crippen molar-refractivity contribution in [2.24, 2.45) is 0 Å². The fourth-order valence-electron chi connectivity index (χ4n) is 3.55. The van der Waals surface area contributed by atoms with Gasteiger partial charge >= 0.3 is 6.18 Å². The second-order valence-electron chi connectivity index (χ2n) is 7.71. The summed E-state index contributed by atoms with van der Waals surface area (Å²) in [6.07, 6.45) is -1.64. The van der Waals surface area contributed by atoms with E-state index in [0.717, 1.165) is 11.6 Å². The van der Waals surface area contributed by atoms with Crippen LogP contribution in [-0.2, 0) is 12.7 Å². The van der Waals surface area contributed by atoms with Crippen LogP contribution in [0.4, 0.5) is 18.9 Å². The quantitative estimate of drug-likeness (QED) is 0.318. The van der Waals surface area contributed by atoms with E-state index in [0.29, 0.717) is 41.5 Å². The summed E-state index contributed by atoms with van der Waals surface area (Å²) < 4.78 is 53.9. The first-order valence-corrected chi connectivity index (χ1v) is 11.7. The highest BCUT2D eigenvalue weighted by Gasteiger charge is 2.36. The summed E-state index contributed by atoms with van der Waals surface area (Å²) in [6.45, 7) is 6.59. The Bertz CT molecular complexity index is 1420. The fourth-order valence-corrected chi connectivity index (χ4v) is 4.06. The van der Waals surface area contributed by atoms with Gasteiger partial charge in [-0.15, -0.1) is 0 Å². The fraction of sp³-hybridized carbons (Fsp3) is 0.304. The third kappa shape index (κ3) is 5.30. The lowest BCUT2D eigenvalue weighted by Crippen LogP contribution is -2.15. The molecule has 0 aliphatic heterocycles. The van der Waals surface area contributed by atoms with Gasteiger partial charge in [0.2, 0.25) is 0 Å². The lowest BCUT2D eigenvalue weighted by Gasteiger charge is -2.12. The van der Waals surface area contributed by atoms with Crippen molar-refractivity contribution < 1.29 is 27.4 Å². The zero-order valence-electron chi connectivity index (χ0n) is 19.6. The van der Waals surface area contributed by atoms with Gasteiger partial charge in [-0.2, -0.15) is 23.4 Å². The Morgan fingerprint density at radius 1 is 1.14 bits per heavy atom. The van der Waals surface area contributed by atoms with Crippen molar-refractivity contribution in [1.82, 2.24) is 24.4 Å². The molecule has 3 heterocycles. The lowest BCUT2D eigenvalue weighted by atomic mass is 10.2. The highest BCUT2D eigenvalue weighted by Crippen LogP contribution is 2.33. The number of ether oxygens (including phenoxy) is 2. The molecule has 1 N–H and O–H groups in total. The molecule has 36 heavy (non-hydrogen) atoms. The number of halogens is 4. The van der Waals surface area contributed by atoms with Gasteiger partial charge in [-0.3, -0.25) is 9.48 Å². The van der Waals surface area contributed by atoms with Crippen LogP contribution in [0.1, 0.15) is 41.3 Å². The number of aromatic nitrogens is 5.